The standard InChI is InChI=1S/C9H8N2O3S/c1-13-9(12)6-7(14-11-8(6)10)5-3-2-4-15-5/h2-4H,1H3,(H2,10,11). The van der Waals surface area contributed by atoms with Crippen molar-refractivity contribution in [2.24, 2.45) is 0 Å². The lowest BCUT2D eigenvalue weighted by Crippen LogP contribution is -2.04. The zero-order valence-electron chi connectivity index (χ0n) is 7.89. The number of aromatic nitrogens is 1. The number of hydrogen-bond acceptors (Lipinski definition) is 6. The molecule has 0 aliphatic rings. The molecule has 2 aromatic heterocycles. The van der Waals surface area contributed by atoms with Gasteiger partial charge in [-0.2, -0.15) is 0 Å². The highest BCUT2D eigenvalue weighted by molar-refractivity contribution is 7.13. The Kier molecular flexibility index (Phi) is 2.42. The molecule has 5 nitrogen and oxygen atoms in total. The first-order chi connectivity index (χ1) is 7.24. The second-order valence-corrected chi connectivity index (χ2v) is 3.69. The highest BCUT2D eigenvalue weighted by Crippen LogP contribution is 2.31. The smallest absolute Gasteiger partial charge is 0.345 e. The molecule has 0 bridgehead atoms. The van der Waals surface area contributed by atoms with E-state index in [9.17, 15) is 4.79 Å². The van der Waals surface area contributed by atoms with Crippen LogP contribution in [-0.2, 0) is 4.74 Å². The Morgan fingerprint density at radius 3 is 3.07 bits per heavy atom. The van der Waals surface area contributed by atoms with Crippen molar-refractivity contribution >= 4 is 23.1 Å². The van der Waals surface area contributed by atoms with Crippen LogP contribution >= 0.6 is 11.3 Å². The molecule has 0 aliphatic heterocycles. The lowest BCUT2D eigenvalue weighted by molar-refractivity contribution is 0.0602. The largest absolute Gasteiger partial charge is 0.465 e. The topological polar surface area (TPSA) is 78.4 Å². The van der Waals surface area contributed by atoms with E-state index < -0.39 is 5.97 Å². The number of carbonyl (C=O) groups is 1. The molecule has 15 heavy (non-hydrogen) atoms. The molecule has 2 aromatic rings. The van der Waals surface area contributed by atoms with Gasteiger partial charge in [-0.1, -0.05) is 11.2 Å². The van der Waals surface area contributed by atoms with Crippen molar-refractivity contribution in [2.75, 3.05) is 12.8 Å². The number of nitrogens with two attached hydrogens (primary N) is 1. The summed E-state index contributed by atoms with van der Waals surface area (Å²) in [6.45, 7) is 0. The first-order valence-electron chi connectivity index (χ1n) is 4.11. The van der Waals surface area contributed by atoms with E-state index >= 15 is 0 Å². The summed E-state index contributed by atoms with van der Waals surface area (Å²) in [7, 11) is 1.28. The van der Waals surface area contributed by atoms with Crippen LogP contribution in [0.5, 0.6) is 0 Å². The van der Waals surface area contributed by atoms with Gasteiger partial charge in [0.25, 0.3) is 0 Å². The molecule has 0 saturated carbocycles. The molecule has 0 unspecified atom stereocenters. The highest BCUT2D eigenvalue weighted by atomic mass is 32.1. The Labute approximate surface area is 89.4 Å². The van der Waals surface area contributed by atoms with Crippen LogP contribution in [0.3, 0.4) is 0 Å². The maximum Gasteiger partial charge on any atom is 0.345 e. The van der Waals surface area contributed by atoms with E-state index in [4.69, 9.17) is 10.3 Å². The van der Waals surface area contributed by atoms with Gasteiger partial charge >= 0.3 is 5.97 Å². The normalized spacial score (nSPS) is 10.2. The minimum Gasteiger partial charge on any atom is -0.465 e. The number of thiophene rings is 1. The van der Waals surface area contributed by atoms with Crippen LogP contribution in [0.15, 0.2) is 22.0 Å². The summed E-state index contributed by atoms with van der Waals surface area (Å²) >= 11 is 1.43. The van der Waals surface area contributed by atoms with Gasteiger partial charge in [0.05, 0.1) is 12.0 Å². The molecule has 0 fully saturated rings. The second-order valence-electron chi connectivity index (χ2n) is 2.74. The van der Waals surface area contributed by atoms with Gasteiger partial charge in [0.1, 0.15) is 0 Å². The number of methoxy groups -OCH3 is 1. The Bertz CT molecular complexity index is 476. The number of nitrogens with zero attached hydrogens (tertiary/aromatic N) is 1. The lowest BCUT2D eigenvalue weighted by atomic mass is 10.2. The molecule has 6 heteroatoms. The minimum absolute atomic E-state index is 0.0465. The number of carbonyl (C=O) groups excluding carboxylic acids is 1. The Morgan fingerprint density at radius 2 is 2.47 bits per heavy atom. The molecule has 0 saturated heterocycles. The SMILES string of the molecule is COC(=O)c1c(N)noc1-c1cccs1. The number of hydrogen-bond donors (Lipinski definition) is 1. The third kappa shape index (κ3) is 1.59. The zero-order valence-corrected chi connectivity index (χ0v) is 8.71. The zero-order chi connectivity index (χ0) is 10.8. The number of nitrogen functional groups attached to an aromatic ring is 1. The molecular weight excluding hydrogens is 216 g/mol. The fourth-order valence-electron chi connectivity index (χ4n) is 1.18. The van der Waals surface area contributed by atoms with Crippen LogP contribution in [0.1, 0.15) is 10.4 Å². The van der Waals surface area contributed by atoms with Gasteiger partial charge in [-0.25, -0.2) is 4.79 Å². The van der Waals surface area contributed by atoms with Gasteiger partial charge in [-0.15, -0.1) is 11.3 Å². The molecule has 0 spiro atoms. The van der Waals surface area contributed by atoms with Crippen molar-refractivity contribution in [3.05, 3.63) is 23.1 Å². The van der Waals surface area contributed by atoms with E-state index in [2.05, 4.69) is 9.89 Å². The molecule has 0 aromatic carbocycles. The van der Waals surface area contributed by atoms with Crippen LogP contribution < -0.4 is 5.73 Å². The summed E-state index contributed by atoms with van der Waals surface area (Å²) in [5.41, 5.74) is 5.70. The molecule has 0 radical (unpaired) electrons. The monoisotopic (exact) mass is 224 g/mol. The number of rotatable bonds is 2. The average Bonchev–Trinajstić information content (AvgIpc) is 2.85. The first-order valence-corrected chi connectivity index (χ1v) is 4.99. The number of ether oxygens (including phenoxy) is 1. The average molecular weight is 224 g/mol. The van der Waals surface area contributed by atoms with Gasteiger partial charge in [-0.3, -0.25) is 0 Å². The van der Waals surface area contributed by atoms with Crippen LogP contribution in [-0.4, -0.2) is 18.2 Å². The lowest BCUT2D eigenvalue weighted by Gasteiger charge is -1.97. The maximum atomic E-state index is 11.4. The summed E-state index contributed by atoms with van der Waals surface area (Å²) in [4.78, 5) is 12.2. The van der Waals surface area contributed by atoms with Gasteiger partial charge < -0.3 is 15.0 Å². The molecule has 2 heterocycles. The minimum atomic E-state index is -0.544. The van der Waals surface area contributed by atoms with Crippen LogP contribution in [0, 0.1) is 0 Å². The van der Waals surface area contributed by atoms with E-state index in [1.54, 1.807) is 0 Å². The third-order valence-corrected chi connectivity index (χ3v) is 2.72. The molecular formula is C9H8N2O3S. The Morgan fingerprint density at radius 1 is 1.67 bits per heavy atom. The van der Waals surface area contributed by atoms with E-state index in [-0.39, 0.29) is 11.4 Å². The van der Waals surface area contributed by atoms with Crippen LogP contribution in [0.25, 0.3) is 10.6 Å². The molecule has 0 atom stereocenters. The fourth-order valence-corrected chi connectivity index (χ4v) is 1.88. The van der Waals surface area contributed by atoms with Gasteiger partial charge in [0.15, 0.2) is 17.1 Å². The Balaban J connectivity index is 2.54. The van der Waals surface area contributed by atoms with Crippen LogP contribution in [0.2, 0.25) is 0 Å². The van der Waals surface area contributed by atoms with Crippen molar-refractivity contribution in [2.45, 2.75) is 0 Å². The Hall–Kier alpha value is -1.82. The van der Waals surface area contributed by atoms with Gasteiger partial charge in [0.2, 0.25) is 0 Å². The van der Waals surface area contributed by atoms with E-state index in [0.717, 1.165) is 4.88 Å². The van der Waals surface area contributed by atoms with Crippen LogP contribution in [0.4, 0.5) is 5.82 Å². The molecule has 0 aliphatic carbocycles. The van der Waals surface area contributed by atoms with Crippen molar-refractivity contribution in [3.63, 3.8) is 0 Å². The number of esters is 1. The van der Waals surface area contributed by atoms with Gasteiger partial charge in [0, 0.05) is 0 Å². The summed E-state index contributed by atoms with van der Waals surface area (Å²) in [6, 6.07) is 3.66. The van der Waals surface area contributed by atoms with Crippen molar-refractivity contribution in [1.29, 1.82) is 0 Å². The summed E-state index contributed by atoms with van der Waals surface area (Å²) < 4.78 is 9.60. The number of anilines is 1. The second kappa shape index (κ2) is 3.74. The van der Waals surface area contributed by atoms with Crippen molar-refractivity contribution in [1.82, 2.24) is 5.16 Å². The quantitative estimate of drug-likeness (QED) is 0.786. The maximum absolute atomic E-state index is 11.4. The highest BCUT2D eigenvalue weighted by Gasteiger charge is 2.23. The third-order valence-electron chi connectivity index (χ3n) is 1.85. The summed E-state index contributed by atoms with van der Waals surface area (Å²) in [5.74, 6) is -0.142. The van der Waals surface area contributed by atoms with Crippen molar-refractivity contribution < 1.29 is 14.1 Å². The molecule has 0 amide bonds. The van der Waals surface area contributed by atoms with Gasteiger partial charge in [-0.05, 0) is 11.4 Å². The summed E-state index contributed by atoms with van der Waals surface area (Å²) in [6.07, 6.45) is 0. The predicted octanol–water partition coefficient (Wildman–Crippen LogP) is 1.77. The molecule has 78 valence electrons. The molecule has 2 N–H and O–H groups in total. The fraction of sp³-hybridized carbons (Fsp3) is 0.111. The summed E-state index contributed by atoms with van der Waals surface area (Å²) in [5, 5.41) is 5.42. The van der Waals surface area contributed by atoms with E-state index in [1.165, 1.54) is 18.4 Å². The first kappa shape index (κ1) is 9.72. The van der Waals surface area contributed by atoms with Crippen molar-refractivity contribution in [3.8, 4) is 10.6 Å². The van der Waals surface area contributed by atoms with E-state index in [1.807, 2.05) is 17.5 Å². The van der Waals surface area contributed by atoms with E-state index in [0.29, 0.717) is 5.76 Å². The predicted molar refractivity (Wildman–Crippen MR) is 55.6 cm³/mol. The molecule has 2 rings (SSSR count).